The molecule has 0 aliphatic carbocycles. The topological polar surface area (TPSA) is 18.5 Å². The highest BCUT2D eigenvalue weighted by molar-refractivity contribution is 7.34. The van der Waals surface area contributed by atoms with Crippen molar-refractivity contribution < 1.29 is 9.47 Å². The molecule has 0 bridgehead atoms. The van der Waals surface area contributed by atoms with Gasteiger partial charge in [0.05, 0.1) is 22.6 Å². The average Bonchev–Trinajstić information content (AvgIpc) is 3.92. The fraction of sp³-hybridized carbons (Fsp3) is 0.400. The molecular weight excluding hydrogens is 761 g/mol. The second kappa shape index (κ2) is 19.4. The van der Waals surface area contributed by atoms with E-state index in [0.717, 1.165) is 49.4 Å². The minimum atomic E-state index is 0.715. The molecule has 2 atom stereocenters. The molecule has 3 aromatic carbocycles. The van der Waals surface area contributed by atoms with Crippen molar-refractivity contribution in [1.82, 2.24) is 0 Å². The van der Waals surface area contributed by atoms with Gasteiger partial charge in [0.15, 0.2) is 0 Å². The number of thiophene rings is 4. The number of rotatable bonds is 20. The highest BCUT2D eigenvalue weighted by Gasteiger charge is 2.15. The summed E-state index contributed by atoms with van der Waals surface area (Å²) in [4.78, 5) is 2.59. The van der Waals surface area contributed by atoms with Crippen molar-refractivity contribution in [3.63, 3.8) is 0 Å². The summed E-state index contributed by atoms with van der Waals surface area (Å²) in [5.41, 5.74) is 2.39. The van der Waals surface area contributed by atoms with Gasteiger partial charge in [0, 0.05) is 39.3 Å². The third-order valence-electron chi connectivity index (χ3n) is 10.8. The van der Waals surface area contributed by atoms with E-state index in [1.807, 2.05) is 45.3 Å². The van der Waals surface area contributed by atoms with Gasteiger partial charge in [-0.2, -0.15) is 0 Å². The fourth-order valence-electron chi connectivity index (χ4n) is 7.30. The maximum absolute atomic E-state index is 6.07. The van der Waals surface area contributed by atoms with E-state index in [9.17, 15) is 0 Å². The van der Waals surface area contributed by atoms with E-state index in [4.69, 9.17) is 9.47 Å². The zero-order valence-corrected chi connectivity index (χ0v) is 37.3. The minimum Gasteiger partial charge on any atom is -0.494 e. The van der Waals surface area contributed by atoms with Crippen LogP contribution < -0.4 is 9.47 Å². The molecule has 0 amide bonds. The van der Waals surface area contributed by atoms with E-state index < -0.39 is 0 Å². The predicted octanol–water partition coefficient (Wildman–Crippen LogP) is 17.3. The minimum absolute atomic E-state index is 0.715. The van der Waals surface area contributed by atoms with Crippen molar-refractivity contribution in [2.24, 2.45) is 23.7 Å². The Kier molecular flexibility index (Phi) is 14.1. The predicted molar refractivity (Wildman–Crippen MR) is 255 cm³/mol. The van der Waals surface area contributed by atoms with Gasteiger partial charge in [-0.25, -0.2) is 0 Å². The Morgan fingerprint density at radius 3 is 1.25 bits per heavy atom. The summed E-state index contributed by atoms with van der Waals surface area (Å²) < 4.78 is 20.4. The number of ether oxygens (including phenoxy) is 2. The molecule has 294 valence electrons. The fourth-order valence-corrected chi connectivity index (χ4v) is 12.2. The molecule has 0 N–H and O–H groups in total. The summed E-state index contributed by atoms with van der Waals surface area (Å²) in [5, 5.41) is 2.77. The molecular formula is C50H58O2S4. The first-order chi connectivity index (χ1) is 27.2. The van der Waals surface area contributed by atoms with Gasteiger partial charge in [-0.1, -0.05) is 116 Å². The number of fused-ring (bicyclic) bond motifs is 6. The second-order valence-electron chi connectivity index (χ2n) is 16.7. The maximum Gasteiger partial charge on any atom is 0.119 e. The second-order valence-corrected chi connectivity index (χ2v) is 21.0. The Morgan fingerprint density at radius 2 is 0.857 bits per heavy atom. The molecule has 6 heteroatoms. The van der Waals surface area contributed by atoms with E-state index in [1.54, 1.807) is 0 Å². The molecule has 56 heavy (non-hydrogen) atoms. The van der Waals surface area contributed by atoms with Crippen LogP contribution in [0.4, 0.5) is 0 Å². The smallest absolute Gasteiger partial charge is 0.119 e. The third kappa shape index (κ3) is 10.9. The Hall–Kier alpha value is -3.42. The standard InChI is InChI=1S/C50H58O2S4/c1-33(2)9-7-11-35(5)25-27-51-39-19-13-37(14-20-39)17-23-41-29-47-49(53-41)43-31-46-44(32-45(43)55-47)50-48(56-46)30-42(54-50)24-18-38-15-21-40(22-16-38)52-28-26-36(6)12-8-10-34(3)4/h13-24,29-36H,7-12,25-28H2,1-6H3/b23-17+,24-18+. The molecule has 2 unspecified atom stereocenters. The van der Waals surface area contributed by atoms with Crippen LogP contribution in [0, 0.1) is 23.7 Å². The zero-order chi connectivity index (χ0) is 39.0. The van der Waals surface area contributed by atoms with E-state index in [1.165, 1.54) is 98.4 Å². The van der Waals surface area contributed by atoms with Gasteiger partial charge in [0.1, 0.15) is 11.5 Å². The first-order valence-corrected chi connectivity index (χ1v) is 24.1. The van der Waals surface area contributed by atoms with Crippen molar-refractivity contribution in [3.8, 4) is 11.5 Å². The SMILES string of the molecule is CC(C)CCCC(C)CCOc1ccc(/C=C/c2cc3sc4cc5c(cc4c3s2)sc2cc(/C=C/c3ccc(OCCC(C)CCCC(C)C)cc3)sc25)cc1. The zero-order valence-electron chi connectivity index (χ0n) is 34.1. The van der Waals surface area contributed by atoms with Crippen LogP contribution in [0.3, 0.4) is 0 Å². The van der Waals surface area contributed by atoms with Gasteiger partial charge in [0.2, 0.25) is 0 Å². The molecule has 0 radical (unpaired) electrons. The van der Waals surface area contributed by atoms with E-state index >= 15 is 0 Å². The molecule has 0 saturated carbocycles. The maximum atomic E-state index is 6.07. The lowest BCUT2D eigenvalue weighted by Crippen LogP contribution is -2.04. The Bertz CT molecular complexity index is 2190. The molecule has 0 aliphatic heterocycles. The van der Waals surface area contributed by atoms with Gasteiger partial charge in [-0.15, -0.1) is 45.3 Å². The van der Waals surface area contributed by atoms with Gasteiger partial charge in [-0.3, -0.25) is 0 Å². The van der Waals surface area contributed by atoms with Crippen molar-refractivity contribution in [3.05, 3.63) is 93.7 Å². The molecule has 2 nitrogen and oxygen atoms in total. The van der Waals surface area contributed by atoms with E-state index in [0.29, 0.717) is 11.8 Å². The highest BCUT2D eigenvalue weighted by Crippen LogP contribution is 2.46. The van der Waals surface area contributed by atoms with Crippen molar-refractivity contribution >= 4 is 109 Å². The number of hydrogen-bond donors (Lipinski definition) is 0. The lowest BCUT2D eigenvalue weighted by molar-refractivity contribution is 0.275. The van der Waals surface area contributed by atoms with Crippen LogP contribution in [-0.4, -0.2) is 13.2 Å². The largest absolute Gasteiger partial charge is 0.494 e. The number of benzene rings is 3. The quantitative estimate of drug-likeness (QED) is 0.0763. The van der Waals surface area contributed by atoms with Crippen LogP contribution in [0.5, 0.6) is 11.5 Å². The third-order valence-corrected chi connectivity index (χ3v) is 15.5. The van der Waals surface area contributed by atoms with Gasteiger partial charge >= 0.3 is 0 Å². The van der Waals surface area contributed by atoms with Crippen molar-refractivity contribution in [2.45, 2.75) is 92.9 Å². The molecule has 7 aromatic rings. The molecule has 0 fully saturated rings. The summed E-state index contributed by atoms with van der Waals surface area (Å²) in [6.07, 6.45) is 19.1. The first kappa shape index (κ1) is 40.8. The molecule has 0 aliphatic rings. The Balaban J connectivity index is 0.932. The first-order valence-electron chi connectivity index (χ1n) is 20.8. The molecule has 4 aromatic heterocycles. The highest BCUT2D eigenvalue weighted by atomic mass is 32.1. The summed E-state index contributed by atoms with van der Waals surface area (Å²) in [5.74, 6) is 4.95. The normalized spacial score (nSPS) is 13.6. The van der Waals surface area contributed by atoms with Crippen LogP contribution in [0.2, 0.25) is 0 Å². The summed E-state index contributed by atoms with van der Waals surface area (Å²) in [6.45, 7) is 15.5. The van der Waals surface area contributed by atoms with E-state index in [-0.39, 0.29) is 0 Å². The Labute approximate surface area is 350 Å². The monoisotopic (exact) mass is 818 g/mol. The van der Waals surface area contributed by atoms with Crippen molar-refractivity contribution in [2.75, 3.05) is 13.2 Å². The van der Waals surface area contributed by atoms with Gasteiger partial charge in [0.25, 0.3) is 0 Å². The summed E-state index contributed by atoms with van der Waals surface area (Å²) >= 11 is 7.63. The summed E-state index contributed by atoms with van der Waals surface area (Å²) in [7, 11) is 0. The molecule has 0 spiro atoms. The van der Waals surface area contributed by atoms with Crippen LogP contribution in [-0.2, 0) is 0 Å². The lowest BCUT2D eigenvalue weighted by Gasteiger charge is -2.13. The van der Waals surface area contributed by atoms with E-state index in [2.05, 4.69) is 139 Å². The van der Waals surface area contributed by atoms with Crippen LogP contribution in [0.15, 0.2) is 72.8 Å². The Morgan fingerprint density at radius 1 is 0.446 bits per heavy atom. The van der Waals surface area contributed by atoms with Crippen LogP contribution >= 0.6 is 45.3 Å². The molecule has 4 heterocycles. The molecule has 0 saturated heterocycles. The van der Waals surface area contributed by atoms with Crippen molar-refractivity contribution in [1.29, 1.82) is 0 Å². The van der Waals surface area contributed by atoms with Gasteiger partial charge in [-0.05, 0) is 108 Å². The molecule has 7 rings (SSSR count). The van der Waals surface area contributed by atoms with Crippen LogP contribution in [0.25, 0.3) is 63.3 Å². The van der Waals surface area contributed by atoms with Crippen LogP contribution in [0.1, 0.15) is 114 Å². The lowest BCUT2D eigenvalue weighted by atomic mass is 9.98. The number of hydrogen-bond acceptors (Lipinski definition) is 6. The average molecular weight is 819 g/mol. The summed E-state index contributed by atoms with van der Waals surface area (Å²) in [6, 6.07) is 26.6. The van der Waals surface area contributed by atoms with Gasteiger partial charge < -0.3 is 9.47 Å².